The lowest BCUT2D eigenvalue weighted by molar-refractivity contribution is 0.188. The Morgan fingerprint density at radius 3 is 2.47 bits per heavy atom. The predicted molar refractivity (Wildman–Crippen MR) is 64.1 cm³/mol. The molecule has 1 atom stereocenters. The SMILES string of the molecule is CCC(CCO)NC1CCN(CC)CC1. The number of aliphatic hydroxyl groups is 1. The lowest BCUT2D eigenvalue weighted by atomic mass is 10.0. The highest BCUT2D eigenvalue weighted by Gasteiger charge is 2.19. The Bertz CT molecular complexity index is 156. The molecular formula is C12H26N2O. The number of rotatable bonds is 6. The maximum atomic E-state index is 8.93. The second-order valence-electron chi connectivity index (χ2n) is 4.49. The van der Waals surface area contributed by atoms with E-state index in [1.165, 1.54) is 32.5 Å². The van der Waals surface area contributed by atoms with Crippen LogP contribution in [0.2, 0.25) is 0 Å². The molecule has 1 aliphatic heterocycles. The van der Waals surface area contributed by atoms with Gasteiger partial charge in [-0.05, 0) is 45.3 Å². The molecule has 3 heteroatoms. The lowest BCUT2D eigenvalue weighted by Crippen LogP contribution is -2.46. The maximum Gasteiger partial charge on any atom is 0.0445 e. The zero-order valence-corrected chi connectivity index (χ0v) is 10.2. The highest BCUT2D eigenvalue weighted by Crippen LogP contribution is 2.11. The van der Waals surface area contributed by atoms with Gasteiger partial charge in [0.25, 0.3) is 0 Å². The van der Waals surface area contributed by atoms with E-state index in [-0.39, 0.29) is 0 Å². The van der Waals surface area contributed by atoms with Crippen LogP contribution in [-0.2, 0) is 0 Å². The van der Waals surface area contributed by atoms with E-state index in [9.17, 15) is 0 Å². The Balaban J connectivity index is 2.21. The zero-order valence-electron chi connectivity index (χ0n) is 10.2. The van der Waals surface area contributed by atoms with Crippen molar-refractivity contribution in [1.29, 1.82) is 0 Å². The number of aliphatic hydroxyl groups excluding tert-OH is 1. The summed E-state index contributed by atoms with van der Waals surface area (Å²) in [7, 11) is 0. The molecule has 0 bridgehead atoms. The highest BCUT2D eigenvalue weighted by molar-refractivity contribution is 4.79. The van der Waals surface area contributed by atoms with Crippen molar-refractivity contribution in [1.82, 2.24) is 10.2 Å². The van der Waals surface area contributed by atoms with E-state index >= 15 is 0 Å². The summed E-state index contributed by atoms with van der Waals surface area (Å²) in [5.41, 5.74) is 0. The number of hydrogen-bond donors (Lipinski definition) is 2. The Morgan fingerprint density at radius 2 is 2.00 bits per heavy atom. The summed E-state index contributed by atoms with van der Waals surface area (Å²) in [6.45, 7) is 8.36. The number of likely N-dealkylation sites (tertiary alicyclic amines) is 1. The summed E-state index contributed by atoms with van der Waals surface area (Å²) in [5, 5.41) is 12.6. The van der Waals surface area contributed by atoms with Crippen LogP contribution >= 0.6 is 0 Å². The van der Waals surface area contributed by atoms with Crippen LogP contribution in [0.5, 0.6) is 0 Å². The average Bonchev–Trinajstić information content (AvgIpc) is 2.29. The molecule has 90 valence electrons. The first-order chi connectivity index (χ1) is 7.30. The molecule has 1 fully saturated rings. The topological polar surface area (TPSA) is 35.5 Å². The second kappa shape index (κ2) is 7.20. The van der Waals surface area contributed by atoms with Crippen LogP contribution in [-0.4, -0.2) is 48.3 Å². The van der Waals surface area contributed by atoms with Gasteiger partial charge in [-0.1, -0.05) is 13.8 Å². The minimum Gasteiger partial charge on any atom is -0.396 e. The van der Waals surface area contributed by atoms with Gasteiger partial charge in [-0.2, -0.15) is 0 Å². The monoisotopic (exact) mass is 214 g/mol. The molecular weight excluding hydrogens is 188 g/mol. The minimum atomic E-state index is 0.305. The molecule has 2 N–H and O–H groups in total. The average molecular weight is 214 g/mol. The van der Waals surface area contributed by atoms with Crippen LogP contribution in [0.25, 0.3) is 0 Å². The highest BCUT2D eigenvalue weighted by atomic mass is 16.3. The van der Waals surface area contributed by atoms with Crippen LogP contribution in [0.1, 0.15) is 39.5 Å². The van der Waals surface area contributed by atoms with Crippen LogP contribution in [0.4, 0.5) is 0 Å². The van der Waals surface area contributed by atoms with Crippen molar-refractivity contribution in [3.63, 3.8) is 0 Å². The van der Waals surface area contributed by atoms with Crippen molar-refractivity contribution in [3.8, 4) is 0 Å². The first kappa shape index (κ1) is 12.9. The smallest absolute Gasteiger partial charge is 0.0445 e. The molecule has 0 aromatic heterocycles. The van der Waals surface area contributed by atoms with Gasteiger partial charge in [-0.3, -0.25) is 0 Å². The Morgan fingerprint density at radius 1 is 1.33 bits per heavy atom. The van der Waals surface area contributed by atoms with Gasteiger partial charge in [0.2, 0.25) is 0 Å². The standard InChI is InChI=1S/C12H26N2O/c1-3-11(7-10-15)13-12-5-8-14(4-2)9-6-12/h11-13,15H,3-10H2,1-2H3. The van der Waals surface area contributed by atoms with E-state index in [4.69, 9.17) is 5.11 Å². The predicted octanol–water partition coefficient (Wildman–Crippen LogP) is 1.22. The molecule has 0 spiro atoms. The second-order valence-corrected chi connectivity index (χ2v) is 4.49. The molecule has 0 aromatic rings. The van der Waals surface area contributed by atoms with E-state index in [1.807, 2.05) is 0 Å². The van der Waals surface area contributed by atoms with Gasteiger partial charge in [-0.15, -0.1) is 0 Å². The molecule has 1 unspecified atom stereocenters. The van der Waals surface area contributed by atoms with Crippen LogP contribution in [0, 0.1) is 0 Å². The van der Waals surface area contributed by atoms with Crippen LogP contribution < -0.4 is 5.32 Å². The molecule has 0 amide bonds. The minimum absolute atomic E-state index is 0.305. The first-order valence-corrected chi connectivity index (χ1v) is 6.39. The van der Waals surface area contributed by atoms with Crippen molar-refractivity contribution in [2.75, 3.05) is 26.2 Å². The number of nitrogens with one attached hydrogen (secondary N) is 1. The number of piperidine rings is 1. The summed E-state index contributed by atoms with van der Waals surface area (Å²) in [4.78, 5) is 2.51. The van der Waals surface area contributed by atoms with Gasteiger partial charge in [0.15, 0.2) is 0 Å². The fourth-order valence-corrected chi connectivity index (χ4v) is 2.31. The molecule has 15 heavy (non-hydrogen) atoms. The lowest BCUT2D eigenvalue weighted by Gasteiger charge is -2.33. The van der Waals surface area contributed by atoms with E-state index in [0.29, 0.717) is 18.7 Å². The van der Waals surface area contributed by atoms with Gasteiger partial charge >= 0.3 is 0 Å². The number of nitrogens with zero attached hydrogens (tertiary/aromatic N) is 1. The number of hydrogen-bond acceptors (Lipinski definition) is 3. The van der Waals surface area contributed by atoms with Gasteiger partial charge in [-0.25, -0.2) is 0 Å². The molecule has 0 saturated carbocycles. The zero-order chi connectivity index (χ0) is 11.1. The third-order valence-electron chi connectivity index (χ3n) is 3.48. The van der Waals surface area contributed by atoms with E-state index < -0.39 is 0 Å². The van der Waals surface area contributed by atoms with Crippen LogP contribution in [0.3, 0.4) is 0 Å². The quantitative estimate of drug-likeness (QED) is 0.698. The van der Waals surface area contributed by atoms with Gasteiger partial charge < -0.3 is 15.3 Å². The van der Waals surface area contributed by atoms with Crippen molar-refractivity contribution in [2.45, 2.75) is 51.6 Å². The molecule has 1 aliphatic rings. The van der Waals surface area contributed by atoms with Gasteiger partial charge in [0.1, 0.15) is 0 Å². The fourth-order valence-electron chi connectivity index (χ4n) is 2.31. The molecule has 0 radical (unpaired) electrons. The van der Waals surface area contributed by atoms with Crippen LogP contribution in [0.15, 0.2) is 0 Å². The summed E-state index contributed by atoms with van der Waals surface area (Å²) < 4.78 is 0. The summed E-state index contributed by atoms with van der Waals surface area (Å²) in [5.74, 6) is 0. The summed E-state index contributed by atoms with van der Waals surface area (Å²) in [6, 6.07) is 1.18. The van der Waals surface area contributed by atoms with E-state index in [0.717, 1.165) is 12.8 Å². The molecule has 1 rings (SSSR count). The van der Waals surface area contributed by atoms with E-state index in [2.05, 4.69) is 24.1 Å². The van der Waals surface area contributed by atoms with E-state index in [1.54, 1.807) is 0 Å². The fraction of sp³-hybridized carbons (Fsp3) is 1.00. The third-order valence-corrected chi connectivity index (χ3v) is 3.48. The Kier molecular flexibility index (Phi) is 6.22. The van der Waals surface area contributed by atoms with Gasteiger partial charge in [0.05, 0.1) is 0 Å². The largest absolute Gasteiger partial charge is 0.396 e. The molecule has 0 aliphatic carbocycles. The molecule has 3 nitrogen and oxygen atoms in total. The molecule has 1 heterocycles. The molecule has 1 saturated heterocycles. The van der Waals surface area contributed by atoms with Crippen molar-refractivity contribution in [3.05, 3.63) is 0 Å². The summed E-state index contributed by atoms with van der Waals surface area (Å²) in [6.07, 6.45) is 4.53. The third kappa shape index (κ3) is 4.49. The molecule has 0 aromatic carbocycles. The Hall–Kier alpha value is -0.120. The normalized spacial score (nSPS) is 21.8. The van der Waals surface area contributed by atoms with Crippen molar-refractivity contribution < 1.29 is 5.11 Å². The first-order valence-electron chi connectivity index (χ1n) is 6.39. The van der Waals surface area contributed by atoms with Gasteiger partial charge in [0, 0.05) is 18.7 Å². The van der Waals surface area contributed by atoms with Crippen molar-refractivity contribution in [2.24, 2.45) is 0 Å². The Labute approximate surface area is 93.9 Å². The summed E-state index contributed by atoms with van der Waals surface area (Å²) >= 11 is 0. The van der Waals surface area contributed by atoms with Crippen molar-refractivity contribution >= 4 is 0 Å². The maximum absolute atomic E-state index is 8.93.